The lowest BCUT2D eigenvalue weighted by molar-refractivity contribution is -0.140. The fourth-order valence-corrected chi connectivity index (χ4v) is 2.05. The van der Waals surface area contributed by atoms with Crippen LogP contribution in [0.3, 0.4) is 0 Å². The molecular formula is C11H22N2O3. The number of nitrogens with zero attached hydrogens (tertiary/aromatic N) is 1. The van der Waals surface area contributed by atoms with Crippen molar-refractivity contribution in [1.82, 2.24) is 4.90 Å². The molecule has 5 nitrogen and oxygen atoms in total. The van der Waals surface area contributed by atoms with E-state index >= 15 is 0 Å². The highest BCUT2D eigenvalue weighted by molar-refractivity contribution is 5.77. The van der Waals surface area contributed by atoms with Crippen LogP contribution in [0.5, 0.6) is 0 Å². The number of ether oxygens (including phenoxy) is 2. The zero-order valence-corrected chi connectivity index (χ0v) is 10.2. The Morgan fingerprint density at radius 2 is 2.12 bits per heavy atom. The Morgan fingerprint density at radius 1 is 1.50 bits per heavy atom. The van der Waals surface area contributed by atoms with Gasteiger partial charge < -0.3 is 20.1 Å². The van der Waals surface area contributed by atoms with Gasteiger partial charge in [0.15, 0.2) is 0 Å². The third-order valence-corrected chi connectivity index (χ3v) is 3.41. The highest BCUT2D eigenvalue weighted by Crippen LogP contribution is 2.26. The molecule has 2 N–H and O–H groups in total. The van der Waals surface area contributed by atoms with E-state index in [0.29, 0.717) is 32.8 Å². The second-order valence-electron chi connectivity index (χ2n) is 4.24. The van der Waals surface area contributed by atoms with Crippen LogP contribution in [-0.2, 0) is 14.3 Å². The van der Waals surface area contributed by atoms with Gasteiger partial charge in [-0.1, -0.05) is 0 Å². The lowest BCUT2D eigenvalue weighted by atomic mass is 9.88. The van der Waals surface area contributed by atoms with Gasteiger partial charge in [0.1, 0.15) is 0 Å². The van der Waals surface area contributed by atoms with E-state index in [0.717, 1.165) is 12.8 Å². The quantitative estimate of drug-likeness (QED) is 0.721. The van der Waals surface area contributed by atoms with Crippen LogP contribution in [0.4, 0.5) is 0 Å². The molecule has 1 rings (SSSR count). The molecule has 1 heterocycles. The first kappa shape index (κ1) is 13.4. The van der Waals surface area contributed by atoms with Crippen molar-refractivity contribution < 1.29 is 14.3 Å². The normalized spacial score (nSPS) is 19.4. The van der Waals surface area contributed by atoms with E-state index in [1.165, 1.54) is 0 Å². The summed E-state index contributed by atoms with van der Waals surface area (Å²) in [7, 11) is 3.43. The number of carbonyl (C=O) groups is 1. The average Bonchev–Trinajstić information content (AvgIpc) is 2.35. The van der Waals surface area contributed by atoms with E-state index in [-0.39, 0.29) is 11.4 Å². The lowest BCUT2D eigenvalue weighted by Gasteiger charge is -2.43. The summed E-state index contributed by atoms with van der Waals surface area (Å²) in [6, 6.07) is 0. The molecule has 5 heteroatoms. The molecule has 0 bridgehead atoms. The largest absolute Gasteiger partial charge is 0.384 e. The van der Waals surface area contributed by atoms with Gasteiger partial charge in [0.05, 0.1) is 18.6 Å². The molecule has 1 saturated heterocycles. The summed E-state index contributed by atoms with van der Waals surface area (Å²) >= 11 is 0. The van der Waals surface area contributed by atoms with Crippen LogP contribution in [0.15, 0.2) is 0 Å². The molecular weight excluding hydrogens is 208 g/mol. The van der Waals surface area contributed by atoms with E-state index < -0.39 is 0 Å². The van der Waals surface area contributed by atoms with Crippen LogP contribution in [0.2, 0.25) is 0 Å². The van der Waals surface area contributed by atoms with Gasteiger partial charge in [-0.15, -0.1) is 0 Å². The number of hydrogen-bond acceptors (Lipinski definition) is 4. The maximum Gasteiger partial charge on any atom is 0.225 e. The minimum atomic E-state index is -0.219. The first-order valence-electron chi connectivity index (χ1n) is 5.70. The number of nitrogens with two attached hydrogens (primary N) is 1. The molecule has 1 aliphatic heterocycles. The van der Waals surface area contributed by atoms with Crippen molar-refractivity contribution in [3.8, 4) is 0 Å². The Balaban J connectivity index is 2.60. The van der Waals surface area contributed by atoms with Crippen molar-refractivity contribution in [3.05, 3.63) is 0 Å². The van der Waals surface area contributed by atoms with Crippen molar-refractivity contribution in [2.45, 2.75) is 24.8 Å². The van der Waals surface area contributed by atoms with Gasteiger partial charge in [-0.3, -0.25) is 4.79 Å². The van der Waals surface area contributed by atoms with E-state index in [9.17, 15) is 4.79 Å². The molecule has 0 aliphatic carbocycles. The molecule has 1 aliphatic rings. The minimum Gasteiger partial charge on any atom is -0.384 e. The predicted octanol–water partition coefficient (Wildman–Crippen LogP) is -0.0108. The maximum atomic E-state index is 11.9. The molecule has 0 aromatic carbocycles. The van der Waals surface area contributed by atoms with Crippen molar-refractivity contribution in [1.29, 1.82) is 0 Å². The molecule has 16 heavy (non-hydrogen) atoms. The molecule has 0 spiro atoms. The molecule has 0 atom stereocenters. The van der Waals surface area contributed by atoms with Gasteiger partial charge in [0.25, 0.3) is 0 Å². The van der Waals surface area contributed by atoms with E-state index in [4.69, 9.17) is 15.2 Å². The minimum absolute atomic E-state index is 0.0919. The maximum absolute atomic E-state index is 11.9. The number of rotatable bonds is 5. The van der Waals surface area contributed by atoms with Crippen LogP contribution < -0.4 is 5.73 Å². The Kier molecular flexibility index (Phi) is 5.18. The van der Waals surface area contributed by atoms with Gasteiger partial charge >= 0.3 is 0 Å². The summed E-state index contributed by atoms with van der Waals surface area (Å²) in [6.07, 6.45) is 2.05. The van der Waals surface area contributed by atoms with Crippen LogP contribution >= 0.6 is 0 Å². The van der Waals surface area contributed by atoms with Crippen LogP contribution in [0.25, 0.3) is 0 Å². The fraction of sp³-hybridized carbons (Fsp3) is 0.909. The van der Waals surface area contributed by atoms with Crippen molar-refractivity contribution in [2.75, 3.05) is 40.5 Å². The standard InChI is InChI=1S/C11H22N2O3/c1-13(10(14)3-6-15-2)11(9-12)4-7-16-8-5-11/h3-9,12H2,1-2H3. The summed E-state index contributed by atoms with van der Waals surface area (Å²) in [5.74, 6) is 0.0919. The average molecular weight is 230 g/mol. The van der Waals surface area contributed by atoms with Gasteiger partial charge in [0.2, 0.25) is 5.91 Å². The van der Waals surface area contributed by atoms with Crippen molar-refractivity contribution in [3.63, 3.8) is 0 Å². The van der Waals surface area contributed by atoms with E-state index in [1.807, 2.05) is 7.05 Å². The smallest absolute Gasteiger partial charge is 0.225 e. The van der Waals surface area contributed by atoms with E-state index in [2.05, 4.69) is 0 Å². The predicted molar refractivity (Wildman–Crippen MR) is 61.1 cm³/mol. The SMILES string of the molecule is COCCC(=O)N(C)C1(CN)CCOCC1. The topological polar surface area (TPSA) is 64.8 Å². The lowest BCUT2D eigenvalue weighted by Crippen LogP contribution is -2.57. The van der Waals surface area contributed by atoms with Crippen LogP contribution in [0.1, 0.15) is 19.3 Å². The fourth-order valence-electron chi connectivity index (χ4n) is 2.05. The second-order valence-corrected chi connectivity index (χ2v) is 4.24. The molecule has 0 saturated carbocycles. The summed E-state index contributed by atoms with van der Waals surface area (Å²) in [5.41, 5.74) is 5.61. The number of amides is 1. The van der Waals surface area contributed by atoms with Gasteiger partial charge in [0, 0.05) is 33.9 Å². The zero-order valence-electron chi connectivity index (χ0n) is 10.2. The number of likely N-dealkylation sites (N-methyl/N-ethyl adjacent to an activating group) is 1. The number of carbonyl (C=O) groups excluding carboxylic acids is 1. The summed E-state index contributed by atoms with van der Waals surface area (Å²) < 4.78 is 10.2. The molecule has 0 unspecified atom stereocenters. The van der Waals surface area contributed by atoms with Gasteiger partial charge in [-0.05, 0) is 12.8 Å². The van der Waals surface area contributed by atoms with Gasteiger partial charge in [-0.2, -0.15) is 0 Å². The summed E-state index contributed by atoms with van der Waals surface area (Å²) in [4.78, 5) is 13.7. The third kappa shape index (κ3) is 2.93. The summed E-state index contributed by atoms with van der Waals surface area (Å²) in [5, 5.41) is 0. The molecule has 0 radical (unpaired) electrons. The van der Waals surface area contributed by atoms with E-state index in [1.54, 1.807) is 12.0 Å². The zero-order chi connectivity index (χ0) is 12.0. The Morgan fingerprint density at radius 3 is 2.62 bits per heavy atom. The summed E-state index contributed by atoms with van der Waals surface area (Å²) in [6.45, 7) is 2.31. The second kappa shape index (κ2) is 6.18. The molecule has 0 aromatic rings. The molecule has 1 fully saturated rings. The highest BCUT2D eigenvalue weighted by Gasteiger charge is 2.37. The monoisotopic (exact) mass is 230 g/mol. The Labute approximate surface area is 96.9 Å². The number of methoxy groups -OCH3 is 1. The molecule has 1 amide bonds. The van der Waals surface area contributed by atoms with Crippen LogP contribution in [-0.4, -0.2) is 56.9 Å². The first-order chi connectivity index (χ1) is 7.66. The Hall–Kier alpha value is -0.650. The molecule has 94 valence electrons. The molecule has 0 aromatic heterocycles. The number of hydrogen-bond donors (Lipinski definition) is 1. The van der Waals surface area contributed by atoms with Crippen LogP contribution in [0, 0.1) is 0 Å². The van der Waals surface area contributed by atoms with Crippen molar-refractivity contribution >= 4 is 5.91 Å². The van der Waals surface area contributed by atoms with Crippen molar-refractivity contribution in [2.24, 2.45) is 5.73 Å². The first-order valence-corrected chi connectivity index (χ1v) is 5.70. The third-order valence-electron chi connectivity index (χ3n) is 3.41. The highest BCUT2D eigenvalue weighted by atomic mass is 16.5. The Bertz CT molecular complexity index is 227. The van der Waals surface area contributed by atoms with Gasteiger partial charge in [-0.25, -0.2) is 0 Å².